The first-order valence-corrected chi connectivity index (χ1v) is 21.3. The lowest BCUT2D eigenvalue weighted by molar-refractivity contribution is -0.567. The van der Waals surface area contributed by atoms with Gasteiger partial charge in [0.1, 0.15) is 28.7 Å². The van der Waals surface area contributed by atoms with E-state index in [0.29, 0.717) is 22.9 Å². The average molecular weight is 805 g/mol. The molecule has 0 fully saturated rings. The zero-order valence-corrected chi connectivity index (χ0v) is 37.1. The molecule has 3 heterocycles. The number of para-hydroxylation sites is 3. The van der Waals surface area contributed by atoms with Gasteiger partial charge in [-0.15, -0.1) is 0 Å². The molecule has 0 atom stereocenters. The molecule has 0 aliphatic carbocycles. The normalized spacial score (nSPS) is 13.4. The second-order valence-electron chi connectivity index (χ2n) is 19.6. The summed E-state index contributed by atoms with van der Waals surface area (Å²) in [5.74, 6) is 2.08. The summed E-state index contributed by atoms with van der Waals surface area (Å²) in [4.78, 5) is 4.90. The molecule has 0 bridgehead atoms. The highest BCUT2D eigenvalue weighted by Gasteiger charge is 2.26. The van der Waals surface area contributed by atoms with Crippen molar-refractivity contribution in [2.24, 2.45) is 0 Å². The Morgan fingerprint density at radius 2 is 1.21 bits per heavy atom. The molecule has 0 aliphatic heterocycles. The number of benzene rings is 6. The molecule has 306 valence electrons. The number of ether oxygens (including phenoxy) is 1. The number of nitrogens with zero attached hydrogens (tertiary/aromatic N) is 4. The maximum atomic E-state index is 8.57. The van der Waals surface area contributed by atoms with Crippen LogP contribution in [0.4, 0.5) is 0 Å². The van der Waals surface area contributed by atoms with Crippen molar-refractivity contribution in [3.63, 3.8) is 0 Å². The van der Waals surface area contributed by atoms with Crippen LogP contribution in [0, 0.1) is 13.8 Å². The quantitative estimate of drug-likeness (QED) is 0.157. The summed E-state index contributed by atoms with van der Waals surface area (Å²) in [6, 6.07) is 46.2. The summed E-state index contributed by atoms with van der Waals surface area (Å²) in [6.07, 6.45) is 3.96. The molecule has 0 N–H and O–H groups in total. The second kappa shape index (κ2) is 14.6. The summed E-state index contributed by atoms with van der Waals surface area (Å²) >= 11 is 0. The third kappa shape index (κ3) is 7.41. The fourth-order valence-electron chi connectivity index (χ4n) is 8.53. The van der Waals surface area contributed by atoms with Crippen LogP contribution in [0.2, 0.25) is 0 Å². The van der Waals surface area contributed by atoms with Crippen molar-refractivity contribution in [3.8, 4) is 39.8 Å². The maximum Gasteiger partial charge on any atom is 0.255 e. The van der Waals surface area contributed by atoms with E-state index >= 15 is 0 Å². The van der Waals surface area contributed by atoms with Crippen LogP contribution < -0.4 is 9.30 Å². The highest BCUT2D eigenvalue weighted by Crippen LogP contribution is 2.38. The molecule has 6 aromatic carbocycles. The Kier molecular flexibility index (Phi) is 8.72. The van der Waals surface area contributed by atoms with Gasteiger partial charge in [0.05, 0.1) is 11.0 Å². The van der Waals surface area contributed by atoms with Crippen molar-refractivity contribution < 1.29 is 13.4 Å². The number of rotatable bonds is 6. The highest BCUT2D eigenvalue weighted by molar-refractivity contribution is 6.09. The van der Waals surface area contributed by atoms with Gasteiger partial charge in [-0.3, -0.25) is 4.57 Å². The lowest BCUT2D eigenvalue weighted by atomic mass is 9.80. The lowest BCUT2D eigenvalue weighted by Crippen LogP contribution is -2.31. The number of imidazole rings is 1. The minimum atomic E-state index is -2.30. The molecule has 9 rings (SSSR count). The Bertz CT molecular complexity index is 3230. The van der Waals surface area contributed by atoms with E-state index in [1.807, 2.05) is 55.5 Å². The minimum Gasteiger partial charge on any atom is -0.457 e. The number of aromatic nitrogens is 4. The van der Waals surface area contributed by atoms with E-state index in [0.717, 1.165) is 66.5 Å². The van der Waals surface area contributed by atoms with Gasteiger partial charge in [-0.2, -0.15) is 9.13 Å². The van der Waals surface area contributed by atoms with Crippen molar-refractivity contribution in [1.82, 2.24) is 14.1 Å². The van der Waals surface area contributed by atoms with E-state index in [4.69, 9.17) is 13.8 Å². The van der Waals surface area contributed by atoms with Crippen molar-refractivity contribution in [1.29, 1.82) is 0 Å². The van der Waals surface area contributed by atoms with Crippen LogP contribution in [0.5, 0.6) is 11.5 Å². The monoisotopic (exact) mass is 804 g/mol. The predicted molar refractivity (Wildman–Crippen MR) is 254 cm³/mol. The molecule has 0 saturated carbocycles. The Hall–Kier alpha value is -6.46. The van der Waals surface area contributed by atoms with Crippen molar-refractivity contribution in [2.45, 2.75) is 92.3 Å². The fourth-order valence-corrected chi connectivity index (χ4v) is 8.53. The molecular weight excluding hydrogens is 745 g/mol. The Morgan fingerprint density at radius 1 is 0.574 bits per heavy atom. The number of pyridine rings is 1. The molecule has 0 unspecified atom stereocenters. The first-order valence-electron chi connectivity index (χ1n) is 22.8. The minimum absolute atomic E-state index is 0.0119. The standard InChI is InChI=1S/C56H57N4O/c1-36-27-39(54(3,4)5)28-37(2)53(36)38-25-26-57-52(29-38)60-48-20-13-12-19-46(48)47-24-23-45(34-51(47)60)61-44-18-16-17-42(33-44)58-35-59(50-22-15-14-21-49(50)58)43-31-40(55(6,7)8)30-41(32-43)56(9,10)11/h12-35H,1-11H3/q+1/i1D3. The van der Waals surface area contributed by atoms with Crippen molar-refractivity contribution in [2.75, 3.05) is 0 Å². The summed E-state index contributed by atoms with van der Waals surface area (Å²) in [6.45, 7) is 19.7. The Balaban J connectivity index is 1.12. The summed E-state index contributed by atoms with van der Waals surface area (Å²) in [7, 11) is 0. The van der Waals surface area contributed by atoms with Crippen molar-refractivity contribution >= 4 is 32.8 Å². The van der Waals surface area contributed by atoms with Crippen LogP contribution in [-0.4, -0.2) is 14.1 Å². The molecule has 0 radical (unpaired) electrons. The molecule has 61 heavy (non-hydrogen) atoms. The van der Waals surface area contributed by atoms with Gasteiger partial charge < -0.3 is 4.74 Å². The third-order valence-corrected chi connectivity index (χ3v) is 12.0. The van der Waals surface area contributed by atoms with Crippen LogP contribution in [0.1, 0.15) is 94.2 Å². The largest absolute Gasteiger partial charge is 0.457 e. The smallest absolute Gasteiger partial charge is 0.255 e. The van der Waals surface area contributed by atoms with Crippen LogP contribution in [0.15, 0.2) is 146 Å². The first-order chi connectivity index (χ1) is 30.1. The van der Waals surface area contributed by atoms with Gasteiger partial charge in [-0.05, 0) is 136 Å². The third-order valence-electron chi connectivity index (χ3n) is 12.0. The predicted octanol–water partition coefficient (Wildman–Crippen LogP) is 14.4. The van der Waals surface area contributed by atoms with Gasteiger partial charge in [-0.25, -0.2) is 4.98 Å². The topological polar surface area (TPSA) is 35.9 Å². The molecule has 0 saturated heterocycles. The summed E-state index contributed by atoms with van der Waals surface area (Å²) in [5.41, 5.74) is 12.4. The Labute approximate surface area is 365 Å². The van der Waals surface area contributed by atoms with Crippen molar-refractivity contribution in [3.05, 3.63) is 174 Å². The van der Waals surface area contributed by atoms with Gasteiger partial charge in [0.2, 0.25) is 0 Å². The van der Waals surface area contributed by atoms with Crippen LogP contribution in [0.3, 0.4) is 0 Å². The molecular formula is C56H57N4O+. The number of fused-ring (bicyclic) bond motifs is 4. The average Bonchev–Trinajstić information content (AvgIpc) is 3.78. The zero-order valence-electron chi connectivity index (χ0n) is 40.1. The van der Waals surface area contributed by atoms with E-state index in [-0.39, 0.29) is 16.2 Å². The first kappa shape index (κ1) is 36.4. The molecule has 0 spiro atoms. The van der Waals surface area contributed by atoms with E-state index < -0.39 is 6.85 Å². The number of hydrogen-bond donors (Lipinski definition) is 0. The summed E-state index contributed by atoms with van der Waals surface area (Å²) < 4.78 is 39.1. The van der Waals surface area contributed by atoms with Crippen LogP contribution in [0.25, 0.3) is 61.2 Å². The van der Waals surface area contributed by atoms with Gasteiger partial charge in [-0.1, -0.05) is 117 Å². The molecule has 5 nitrogen and oxygen atoms in total. The van der Waals surface area contributed by atoms with E-state index in [2.05, 4.69) is 167 Å². The summed E-state index contributed by atoms with van der Waals surface area (Å²) in [5, 5.41) is 2.15. The molecule has 0 amide bonds. The van der Waals surface area contributed by atoms with Gasteiger partial charge in [0, 0.05) is 33.2 Å². The Morgan fingerprint density at radius 3 is 1.93 bits per heavy atom. The lowest BCUT2D eigenvalue weighted by Gasteiger charge is -2.25. The molecule has 3 aromatic heterocycles. The van der Waals surface area contributed by atoms with Gasteiger partial charge >= 0.3 is 0 Å². The van der Waals surface area contributed by atoms with Crippen LogP contribution >= 0.6 is 0 Å². The maximum absolute atomic E-state index is 8.57. The highest BCUT2D eigenvalue weighted by atomic mass is 16.5. The van der Waals surface area contributed by atoms with E-state index in [1.165, 1.54) is 11.1 Å². The van der Waals surface area contributed by atoms with Crippen LogP contribution in [-0.2, 0) is 16.2 Å². The zero-order chi connectivity index (χ0) is 45.5. The fraction of sp³-hybridized carbons (Fsp3) is 0.250. The van der Waals surface area contributed by atoms with E-state index in [9.17, 15) is 0 Å². The second-order valence-corrected chi connectivity index (χ2v) is 19.6. The van der Waals surface area contributed by atoms with E-state index in [1.54, 1.807) is 6.20 Å². The van der Waals surface area contributed by atoms with Gasteiger partial charge in [0.15, 0.2) is 11.0 Å². The molecule has 9 aromatic rings. The SMILES string of the molecule is [2H]C([2H])([2H])c1cc(C(C)(C)C)cc(C)c1-c1ccnc(-n2c3ccccc3c3ccc(Oc4cccc(-n5c[n+](-c6cc(C(C)(C)C)cc(C(C)(C)C)c6)c6ccccc65)c4)cc32)c1. The number of aryl methyl sites for hydroxylation is 2. The molecule has 5 heteroatoms. The van der Waals surface area contributed by atoms with Gasteiger partial charge in [0.25, 0.3) is 6.33 Å². The number of hydrogen-bond acceptors (Lipinski definition) is 2. The molecule has 0 aliphatic rings.